The highest BCUT2D eigenvalue weighted by molar-refractivity contribution is 5.90. The Kier molecular flexibility index (Phi) is 15.9. The van der Waals surface area contributed by atoms with E-state index in [9.17, 15) is 44.1 Å². The molecular formula is C42H64N4O9. The van der Waals surface area contributed by atoms with Crippen LogP contribution in [0.25, 0.3) is 10.8 Å². The second kappa shape index (κ2) is 18.8. The molecule has 3 atom stereocenters. The number of carboxylic acids is 3. The van der Waals surface area contributed by atoms with Crippen molar-refractivity contribution in [3.05, 3.63) is 48.0 Å². The van der Waals surface area contributed by atoms with Crippen LogP contribution in [0.3, 0.4) is 0 Å². The number of urea groups is 1. The lowest BCUT2D eigenvalue weighted by atomic mass is 9.69. The van der Waals surface area contributed by atoms with Crippen LogP contribution in [0, 0.1) is 28.1 Å². The zero-order valence-corrected chi connectivity index (χ0v) is 34.5. The van der Waals surface area contributed by atoms with Crippen molar-refractivity contribution < 1.29 is 44.1 Å². The number of carboxylic acid groups (broad SMARTS) is 3. The Balaban J connectivity index is 0.00000514. The molecule has 13 heteroatoms. The Morgan fingerprint density at radius 3 is 1.78 bits per heavy atom. The van der Waals surface area contributed by atoms with Gasteiger partial charge in [0.15, 0.2) is 0 Å². The molecule has 1 aliphatic rings. The molecule has 55 heavy (non-hydrogen) atoms. The van der Waals surface area contributed by atoms with Crippen molar-refractivity contribution >= 4 is 46.5 Å². The highest BCUT2D eigenvalue weighted by Crippen LogP contribution is 2.38. The van der Waals surface area contributed by atoms with E-state index in [-0.39, 0.29) is 24.7 Å². The summed E-state index contributed by atoms with van der Waals surface area (Å²) < 4.78 is 0. The van der Waals surface area contributed by atoms with Crippen LogP contribution in [0.15, 0.2) is 42.5 Å². The molecule has 2 aromatic rings. The van der Waals surface area contributed by atoms with Crippen molar-refractivity contribution in [2.45, 2.75) is 138 Å². The average Bonchev–Trinajstić information content (AvgIpc) is 3.09. The SMILES string of the molecule is CC.CC1CCC(C(=O)NC(Cc2ccc3ccccc3c2)C(=O)NC(C)(C)C(C)(C)C(NC(=O)NC(C(=O)O)C(C)(C)CC(C)(C)C(=O)O)C(=O)O)CC1. The van der Waals surface area contributed by atoms with Crippen LogP contribution < -0.4 is 21.3 Å². The number of carbonyl (C=O) groups excluding carboxylic acids is 3. The average molecular weight is 769 g/mol. The summed E-state index contributed by atoms with van der Waals surface area (Å²) >= 11 is 0. The molecule has 0 spiro atoms. The van der Waals surface area contributed by atoms with Gasteiger partial charge in [-0.1, -0.05) is 90.9 Å². The highest BCUT2D eigenvalue weighted by atomic mass is 16.4. The summed E-state index contributed by atoms with van der Waals surface area (Å²) in [4.78, 5) is 77.8. The minimum absolute atomic E-state index is 0.115. The van der Waals surface area contributed by atoms with Crippen LogP contribution in [-0.2, 0) is 30.4 Å². The van der Waals surface area contributed by atoms with Gasteiger partial charge in [0.25, 0.3) is 0 Å². The number of hydrogen-bond acceptors (Lipinski definition) is 6. The molecule has 4 amide bonds. The predicted octanol–water partition coefficient (Wildman–Crippen LogP) is 6.37. The molecule has 0 saturated heterocycles. The van der Waals surface area contributed by atoms with Crippen molar-refractivity contribution in [1.29, 1.82) is 0 Å². The number of benzene rings is 2. The van der Waals surface area contributed by atoms with Crippen molar-refractivity contribution in [3.63, 3.8) is 0 Å². The third-order valence-electron chi connectivity index (χ3n) is 11.3. The van der Waals surface area contributed by atoms with E-state index in [0.29, 0.717) is 5.92 Å². The van der Waals surface area contributed by atoms with Crippen molar-refractivity contribution in [2.24, 2.45) is 28.1 Å². The molecule has 0 bridgehead atoms. The molecular weight excluding hydrogens is 704 g/mol. The standard InChI is InChI=1S/C40H58N4O9.C2H6/c1-23-14-17-26(18-15-23)31(45)41-28(21-24-16-19-25-12-10-11-13-27(25)20-24)32(46)44-40(8,9)39(6,7)30(34(49)50)43-36(53)42-29(33(47)48)37(2,3)22-38(4,5)35(51)52;1-2/h10-13,16,19-20,23,26,28-30H,14-15,17-18,21-22H2,1-9H3,(H,41,45)(H,44,46)(H,47,48)(H,49,50)(H,51,52)(H2,42,43,53);1-2H3. The lowest BCUT2D eigenvalue weighted by Gasteiger charge is -2.46. The van der Waals surface area contributed by atoms with Gasteiger partial charge in [0.1, 0.15) is 18.1 Å². The van der Waals surface area contributed by atoms with Gasteiger partial charge in [-0.15, -0.1) is 0 Å². The maximum absolute atomic E-state index is 14.2. The van der Waals surface area contributed by atoms with Crippen LogP contribution in [-0.4, -0.2) is 74.7 Å². The second-order valence-electron chi connectivity index (χ2n) is 17.3. The van der Waals surface area contributed by atoms with Crippen LogP contribution in [0.2, 0.25) is 0 Å². The summed E-state index contributed by atoms with van der Waals surface area (Å²) in [5, 5.41) is 42.7. The zero-order valence-electron chi connectivity index (χ0n) is 34.5. The van der Waals surface area contributed by atoms with E-state index in [0.717, 1.165) is 42.0 Å². The molecule has 7 N–H and O–H groups in total. The van der Waals surface area contributed by atoms with Gasteiger partial charge in [-0.25, -0.2) is 14.4 Å². The van der Waals surface area contributed by atoms with Gasteiger partial charge in [-0.3, -0.25) is 14.4 Å². The summed E-state index contributed by atoms with van der Waals surface area (Å²) in [6.45, 7) is 18.4. The first-order chi connectivity index (χ1) is 25.4. The fourth-order valence-corrected chi connectivity index (χ4v) is 7.30. The maximum atomic E-state index is 14.2. The number of rotatable bonds is 16. The topological polar surface area (TPSA) is 211 Å². The number of aliphatic carboxylic acids is 3. The van der Waals surface area contributed by atoms with Crippen LogP contribution in [0.1, 0.15) is 114 Å². The van der Waals surface area contributed by atoms with Gasteiger partial charge in [0, 0.05) is 23.3 Å². The van der Waals surface area contributed by atoms with E-state index in [1.54, 1.807) is 27.7 Å². The molecule has 1 fully saturated rings. The van der Waals surface area contributed by atoms with E-state index < -0.39 is 69.8 Å². The van der Waals surface area contributed by atoms with Crippen molar-refractivity contribution in [1.82, 2.24) is 21.3 Å². The summed E-state index contributed by atoms with van der Waals surface area (Å²) in [6.07, 6.45) is 3.35. The third kappa shape index (κ3) is 12.2. The van der Waals surface area contributed by atoms with E-state index in [1.807, 2.05) is 56.3 Å². The highest BCUT2D eigenvalue weighted by Gasteiger charge is 2.50. The first kappa shape index (κ1) is 46.5. The second-order valence-corrected chi connectivity index (χ2v) is 17.3. The Labute approximate surface area is 325 Å². The van der Waals surface area contributed by atoms with Crippen molar-refractivity contribution in [3.8, 4) is 0 Å². The molecule has 0 aliphatic heterocycles. The van der Waals surface area contributed by atoms with Gasteiger partial charge in [0.05, 0.1) is 5.41 Å². The maximum Gasteiger partial charge on any atom is 0.326 e. The summed E-state index contributed by atoms with van der Waals surface area (Å²) in [5.74, 6) is -4.43. The molecule has 2 aromatic carbocycles. The fourth-order valence-electron chi connectivity index (χ4n) is 7.30. The lowest BCUT2D eigenvalue weighted by Crippen LogP contribution is -2.67. The van der Waals surface area contributed by atoms with Gasteiger partial charge in [0.2, 0.25) is 11.8 Å². The number of fused-ring (bicyclic) bond motifs is 1. The van der Waals surface area contributed by atoms with Gasteiger partial charge in [-0.05, 0) is 87.5 Å². The number of amides is 4. The number of hydrogen-bond donors (Lipinski definition) is 7. The van der Waals surface area contributed by atoms with Gasteiger partial charge >= 0.3 is 23.9 Å². The van der Waals surface area contributed by atoms with E-state index in [1.165, 1.54) is 27.7 Å². The monoisotopic (exact) mass is 768 g/mol. The first-order valence-corrected chi connectivity index (χ1v) is 19.2. The zero-order chi connectivity index (χ0) is 42.1. The largest absolute Gasteiger partial charge is 0.481 e. The molecule has 13 nitrogen and oxygen atoms in total. The molecule has 1 aliphatic carbocycles. The summed E-state index contributed by atoms with van der Waals surface area (Å²) in [6, 6.07) is 8.34. The molecule has 3 rings (SSSR count). The minimum Gasteiger partial charge on any atom is -0.481 e. The summed E-state index contributed by atoms with van der Waals surface area (Å²) in [7, 11) is 0. The summed E-state index contributed by atoms with van der Waals surface area (Å²) in [5.41, 5.74) is -4.47. The Hall–Kier alpha value is -4.68. The van der Waals surface area contributed by atoms with E-state index in [4.69, 9.17) is 0 Å². The normalized spacial score (nSPS) is 18.0. The Morgan fingerprint density at radius 1 is 0.727 bits per heavy atom. The molecule has 0 aromatic heterocycles. The number of nitrogens with one attached hydrogen (secondary N) is 4. The van der Waals surface area contributed by atoms with Crippen LogP contribution >= 0.6 is 0 Å². The van der Waals surface area contributed by atoms with E-state index >= 15 is 0 Å². The van der Waals surface area contributed by atoms with Crippen LogP contribution in [0.4, 0.5) is 4.79 Å². The molecule has 0 radical (unpaired) electrons. The third-order valence-corrected chi connectivity index (χ3v) is 11.3. The van der Waals surface area contributed by atoms with E-state index in [2.05, 4.69) is 28.2 Å². The fraction of sp³-hybridized carbons (Fsp3) is 0.619. The predicted molar refractivity (Wildman–Crippen MR) is 212 cm³/mol. The molecule has 0 heterocycles. The van der Waals surface area contributed by atoms with Gasteiger partial charge < -0.3 is 36.6 Å². The molecule has 1 saturated carbocycles. The smallest absolute Gasteiger partial charge is 0.326 e. The molecule has 306 valence electrons. The van der Waals surface area contributed by atoms with Crippen LogP contribution in [0.5, 0.6) is 0 Å². The number of carbonyl (C=O) groups is 6. The van der Waals surface area contributed by atoms with Crippen molar-refractivity contribution in [2.75, 3.05) is 0 Å². The minimum atomic E-state index is -1.64. The molecule has 3 unspecified atom stereocenters. The first-order valence-electron chi connectivity index (χ1n) is 19.2. The lowest BCUT2D eigenvalue weighted by molar-refractivity contribution is -0.151. The Bertz CT molecular complexity index is 1690. The quantitative estimate of drug-likeness (QED) is 0.101. The van der Waals surface area contributed by atoms with Gasteiger partial charge in [-0.2, -0.15) is 0 Å². The Morgan fingerprint density at radius 2 is 1.25 bits per heavy atom.